The van der Waals surface area contributed by atoms with Gasteiger partial charge in [0.15, 0.2) is 5.96 Å². The van der Waals surface area contributed by atoms with Crippen molar-refractivity contribution in [3.05, 3.63) is 0 Å². The molecule has 1 rings (SSSR count). The summed E-state index contributed by atoms with van der Waals surface area (Å²) in [5.74, 6) is 1.87. The third-order valence-corrected chi connectivity index (χ3v) is 2.88. The maximum atomic E-state index is 5.01. The smallest absolute Gasteiger partial charge is 0.193 e. The zero-order valence-electron chi connectivity index (χ0n) is 10.5. The van der Waals surface area contributed by atoms with Crippen molar-refractivity contribution in [2.45, 2.75) is 19.8 Å². The quantitative estimate of drug-likeness (QED) is 0.366. The van der Waals surface area contributed by atoms with E-state index in [0.29, 0.717) is 0 Å². The summed E-state index contributed by atoms with van der Waals surface area (Å²) < 4.78 is 5.01. The van der Waals surface area contributed by atoms with Crippen LogP contribution in [0.5, 0.6) is 0 Å². The maximum absolute atomic E-state index is 5.01. The SMILES string of the molecule is CN=C(NCCOC)N1CCC(C)CC1.I. The highest BCUT2D eigenvalue weighted by atomic mass is 127. The third kappa shape index (κ3) is 5.34. The first-order valence-corrected chi connectivity index (χ1v) is 5.72. The van der Waals surface area contributed by atoms with Crippen molar-refractivity contribution in [3.8, 4) is 0 Å². The Morgan fingerprint density at radius 1 is 1.44 bits per heavy atom. The molecule has 1 saturated heterocycles. The molecule has 1 fully saturated rings. The highest BCUT2D eigenvalue weighted by Gasteiger charge is 2.17. The van der Waals surface area contributed by atoms with Gasteiger partial charge in [-0.15, -0.1) is 24.0 Å². The van der Waals surface area contributed by atoms with Gasteiger partial charge in [0, 0.05) is 33.8 Å². The Hall–Kier alpha value is -0.0400. The lowest BCUT2D eigenvalue weighted by Crippen LogP contribution is -2.46. The molecule has 5 heteroatoms. The van der Waals surface area contributed by atoms with Gasteiger partial charge in [-0.1, -0.05) is 6.92 Å². The zero-order valence-corrected chi connectivity index (χ0v) is 12.9. The standard InChI is InChI=1S/C11H23N3O.HI/c1-10-4-7-14(8-5-10)11(12-2)13-6-9-15-3;/h10H,4-9H2,1-3H3,(H,12,13);1H. The molecule has 0 unspecified atom stereocenters. The van der Waals surface area contributed by atoms with Crippen LogP contribution in [-0.4, -0.2) is 51.3 Å². The molecule has 1 N–H and O–H groups in total. The first kappa shape index (κ1) is 16.0. The summed E-state index contributed by atoms with van der Waals surface area (Å²) in [6.07, 6.45) is 2.54. The first-order chi connectivity index (χ1) is 7.27. The van der Waals surface area contributed by atoms with E-state index in [1.54, 1.807) is 7.11 Å². The van der Waals surface area contributed by atoms with Crippen LogP contribution in [0, 0.1) is 5.92 Å². The van der Waals surface area contributed by atoms with Gasteiger partial charge in [0.2, 0.25) is 0 Å². The van der Waals surface area contributed by atoms with Crippen LogP contribution in [-0.2, 0) is 4.74 Å². The van der Waals surface area contributed by atoms with Gasteiger partial charge in [-0.05, 0) is 18.8 Å². The van der Waals surface area contributed by atoms with Crippen molar-refractivity contribution in [1.29, 1.82) is 0 Å². The third-order valence-electron chi connectivity index (χ3n) is 2.88. The van der Waals surface area contributed by atoms with Crippen molar-refractivity contribution in [2.75, 3.05) is 40.4 Å². The molecule has 0 aromatic heterocycles. The second-order valence-corrected chi connectivity index (χ2v) is 4.14. The number of hydrogen-bond donors (Lipinski definition) is 1. The Morgan fingerprint density at radius 2 is 2.06 bits per heavy atom. The number of guanidine groups is 1. The van der Waals surface area contributed by atoms with Gasteiger partial charge >= 0.3 is 0 Å². The lowest BCUT2D eigenvalue weighted by molar-refractivity contribution is 0.201. The van der Waals surface area contributed by atoms with Gasteiger partial charge in [-0.2, -0.15) is 0 Å². The molecule has 0 radical (unpaired) electrons. The fourth-order valence-corrected chi connectivity index (χ4v) is 1.82. The number of ether oxygens (including phenoxy) is 1. The van der Waals surface area contributed by atoms with E-state index in [4.69, 9.17) is 4.74 Å². The van der Waals surface area contributed by atoms with E-state index < -0.39 is 0 Å². The van der Waals surface area contributed by atoms with Crippen LogP contribution >= 0.6 is 24.0 Å². The summed E-state index contributed by atoms with van der Waals surface area (Å²) in [5, 5.41) is 3.31. The molecule has 0 aliphatic carbocycles. The van der Waals surface area contributed by atoms with Gasteiger partial charge in [-0.3, -0.25) is 4.99 Å². The predicted octanol–water partition coefficient (Wildman–Crippen LogP) is 1.56. The number of likely N-dealkylation sites (tertiary alicyclic amines) is 1. The van der Waals surface area contributed by atoms with Crippen LogP contribution in [0.3, 0.4) is 0 Å². The number of methoxy groups -OCH3 is 1. The second kappa shape index (κ2) is 9.04. The summed E-state index contributed by atoms with van der Waals surface area (Å²) >= 11 is 0. The predicted molar refractivity (Wildman–Crippen MR) is 78.6 cm³/mol. The molecule has 1 aliphatic rings. The average molecular weight is 341 g/mol. The number of piperidine rings is 1. The monoisotopic (exact) mass is 341 g/mol. The molecule has 0 saturated carbocycles. The largest absolute Gasteiger partial charge is 0.383 e. The van der Waals surface area contributed by atoms with E-state index in [2.05, 4.69) is 22.1 Å². The number of aliphatic imine (C=N–C) groups is 1. The molecule has 1 heterocycles. The van der Waals surface area contributed by atoms with Crippen LogP contribution in [0.2, 0.25) is 0 Å². The number of nitrogens with zero attached hydrogens (tertiary/aromatic N) is 2. The van der Waals surface area contributed by atoms with Crippen LogP contribution in [0.4, 0.5) is 0 Å². The minimum Gasteiger partial charge on any atom is -0.383 e. The highest BCUT2D eigenvalue weighted by molar-refractivity contribution is 14.0. The summed E-state index contributed by atoms with van der Waals surface area (Å²) in [6.45, 7) is 6.11. The minimum atomic E-state index is 0. The van der Waals surface area contributed by atoms with E-state index in [0.717, 1.165) is 38.1 Å². The summed E-state index contributed by atoms with van der Waals surface area (Å²) in [6, 6.07) is 0. The van der Waals surface area contributed by atoms with Gasteiger partial charge in [-0.25, -0.2) is 0 Å². The average Bonchev–Trinajstić information content (AvgIpc) is 2.26. The Morgan fingerprint density at radius 3 is 2.56 bits per heavy atom. The Kier molecular flexibility index (Phi) is 9.02. The van der Waals surface area contributed by atoms with Crippen molar-refractivity contribution in [3.63, 3.8) is 0 Å². The number of halogens is 1. The van der Waals surface area contributed by atoms with E-state index in [9.17, 15) is 0 Å². The molecule has 0 spiro atoms. The molecule has 4 nitrogen and oxygen atoms in total. The Balaban J connectivity index is 0.00000225. The molecule has 96 valence electrons. The first-order valence-electron chi connectivity index (χ1n) is 5.72. The van der Waals surface area contributed by atoms with Crippen molar-refractivity contribution in [1.82, 2.24) is 10.2 Å². The van der Waals surface area contributed by atoms with Crippen LogP contribution in [0.15, 0.2) is 4.99 Å². The minimum absolute atomic E-state index is 0. The lowest BCUT2D eigenvalue weighted by atomic mass is 10.00. The highest BCUT2D eigenvalue weighted by Crippen LogP contribution is 2.15. The van der Waals surface area contributed by atoms with Gasteiger partial charge in [0.25, 0.3) is 0 Å². The molecule has 0 aromatic carbocycles. The van der Waals surface area contributed by atoms with Gasteiger partial charge < -0.3 is 15.0 Å². The molecule has 0 atom stereocenters. The summed E-state index contributed by atoms with van der Waals surface area (Å²) in [7, 11) is 3.56. The molecule has 0 amide bonds. The van der Waals surface area contributed by atoms with E-state index in [1.807, 2.05) is 7.05 Å². The van der Waals surface area contributed by atoms with Crippen LogP contribution < -0.4 is 5.32 Å². The molecule has 0 bridgehead atoms. The van der Waals surface area contributed by atoms with E-state index in [1.165, 1.54) is 12.8 Å². The molecule has 1 aliphatic heterocycles. The number of hydrogen-bond acceptors (Lipinski definition) is 2. The van der Waals surface area contributed by atoms with Gasteiger partial charge in [0.1, 0.15) is 0 Å². The van der Waals surface area contributed by atoms with Gasteiger partial charge in [0.05, 0.1) is 6.61 Å². The topological polar surface area (TPSA) is 36.9 Å². The normalized spacial score (nSPS) is 18.2. The van der Waals surface area contributed by atoms with E-state index in [-0.39, 0.29) is 24.0 Å². The van der Waals surface area contributed by atoms with E-state index >= 15 is 0 Å². The summed E-state index contributed by atoms with van der Waals surface area (Å²) in [5.41, 5.74) is 0. The zero-order chi connectivity index (χ0) is 11.1. The Labute approximate surface area is 116 Å². The second-order valence-electron chi connectivity index (χ2n) is 4.14. The number of nitrogens with one attached hydrogen (secondary N) is 1. The fraction of sp³-hybridized carbons (Fsp3) is 0.909. The molecule has 16 heavy (non-hydrogen) atoms. The summed E-state index contributed by atoms with van der Waals surface area (Å²) in [4.78, 5) is 6.61. The van der Waals surface area contributed by atoms with Crippen LogP contribution in [0.25, 0.3) is 0 Å². The maximum Gasteiger partial charge on any atom is 0.193 e. The molecular formula is C11H24IN3O. The lowest BCUT2D eigenvalue weighted by Gasteiger charge is -2.32. The van der Waals surface area contributed by atoms with Crippen molar-refractivity contribution >= 4 is 29.9 Å². The number of rotatable bonds is 3. The van der Waals surface area contributed by atoms with Crippen molar-refractivity contribution < 1.29 is 4.74 Å². The van der Waals surface area contributed by atoms with Crippen molar-refractivity contribution in [2.24, 2.45) is 10.9 Å². The molecule has 0 aromatic rings. The Bertz CT molecular complexity index is 203. The fourth-order valence-electron chi connectivity index (χ4n) is 1.82. The van der Waals surface area contributed by atoms with Crippen LogP contribution in [0.1, 0.15) is 19.8 Å². The molecular weight excluding hydrogens is 317 g/mol.